The standard InChI is InChI=1S/C4H6NO/c1-2-3-4(5)6/h2-3H2,(H2,5,6). The van der Waals surface area contributed by atoms with Gasteiger partial charge in [0.05, 0.1) is 0 Å². The van der Waals surface area contributed by atoms with Gasteiger partial charge < -0.3 is 5.73 Å². The average Bonchev–Trinajstić information content (AvgIpc) is 1.35. The second-order valence-electron chi connectivity index (χ2n) is 0.966. The molecule has 0 bridgehead atoms. The molecule has 0 rings (SSSR count). The van der Waals surface area contributed by atoms with Gasteiger partial charge in [-0.3, -0.25) is 4.79 Å². The quantitative estimate of drug-likeness (QED) is 0.496. The zero-order valence-electron chi connectivity index (χ0n) is 3.40. The molecule has 0 unspecified atom stereocenters. The zero-order valence-corrected chi connectivity index (χ0v) is 3.40. The van der Waals surface area contributed by atoms with Crippen LogP contribution >= 0.6 is 0 Å². The molecule has 3 radical (unpaired) electrons. The minimum Gasteiger partial charge on any atom is -0.370 e. The van der Waals surface area contributed by atoms with Gasteiger partial charge in [0.1, 0.15) is 0 Å². The first kappa shape index (κ1) is 5.47. The number of nitrogens with two attached hydrogens (primary N) is 1. The minimum atomic E-state index is -0.398. The van der Waals surface area contributed by atoms with Crippen LogP contribution in [0.3, 0.4) is 0 Å². The van der Waals surface area contributed by atoms with E-state index in [4.69, 9.17) is 6.92 Å². The van der Waals surface area contributed by atoms with Gasteiger partial charge in [0.15, 0.2) is 0 Å². The number of hydrogen-bond donors (Lipinski definition) is 1. The molecule has 2 heteroatoms. The van der Waals surface area contributed by atoms with Crippen molar-refractivity contribution < 1.29 is 4.79 Å². The van der Waals surface area contributed by atoms with Gasteiger partial charge in [0.2, 0.25) is 5.91 Å². The molecule has 2 N–H and O–H groups in total. The third-order valence-electron chi connectivity index (χ3n) is 0.371. The molecule has 33 valence electrons. The first-order valence-corrected chi connectivity index (χ1v) is 1.70. The van der Waals surface area contributed by atoms with E-state index in [0.717, 1.165) is 0 Å². The maximum Gasteiger partial charge on any atom is 0.217 e. The Balaban J connectivity index is 2.83. The van der Waals surface area contributed by atoms with Crippen molar-refractivity contribution in [2.24, 2.45) is 5.73 Å². The van der Waals surface area contributed by atoms with Crippen LogP contribution in [0.2, 0.25) is 0 Å². The van der Waals surface area contributed by atoms with Crippen LogP contribution in [0.5, 0.6) is 0 Å². The van der Waals surface area contributed by atoms with Crippen LogP contribution in [0, 0.1) is 6.92 Å². The van der Waals surface area contributed by atoms with Crippen molar-refractivity contribution in [1.29, 1.82) is 0 Å². The summed E-state index contributed by atoms with van der Waals surface area (Å²) in [5.74, 6) is -0.398. The molecule has 2 nitrogen and oxygen atoms in total. The first-order chi connectivity index (χ1) is 2.77. The second kappa shape index (κ2) is 2.69. The van der Waals surface area contributed by atoms with E-state index in [1.54, 1.807) is 0 Å². The monoisotopic (exact) mass is 84.0 g/mol. The normalized spacial score (nSPS) is 8.17. The van der Waals surface area contributed by atoms with Crippen LogP contribution in [-0.2, 0) is 4.79 Å². The van der Waals surface area contributed by atoms with Gasteiger partial charge in [0.25, 0.3) is 0 Å². The molecular weight excluding hydrogens is 78.0 g/mol. The molecule has 0 saturated carbocycles. The summed E-state index contributed by atoms with van der Waals surface area (Å²) in [5, 5.41) is 0. The number of carbonyl (C=O) groups is 1. The Morgan fingerprint density at radius 3 is 2.33 bits per heavy atom. The largest absolute Gasteiger partial charge is 0.370 e. The predicted octanol–water partition coefficient (Wildman–Crippen LogP) is -0.160. The Morgan fingerprint density at radius 1 is 1.83 bits per heavy atom. The Bertz CT molecular complexity index is 51.5. The van der Waals surface area contributed by atoms with Gasteiger partial charge in [-0.2, -0.15) is 0 Å². The fourth-order valence-electron chi connectivity index (χ4n) is 0.123. The van der Waals surface area contributed by atoms with E-state index in [-0.39, 0.29) is 12.8 Å². The van der Waals surface area contributed by atoms with Crippen LogP contribution < -0.4 is 5.73 Å². The van der Waals surface area contributed by atoms with Crippen molar-refractivity contribution in [3.8, 4) is 0 Å². The highest BCUT2D eigenvalue weighted by Gasteiger charge is 1.84. The lowest BCUT2D eigenvalue weighted by Gasteiger charge is -1.80. The lowest BCUT2D eigenvalue weighted by molar-refractivity contribution is -0.117. The highest BCUT2D eigenvalue weighted by Crippen LogP contribution is 1.79. The van der Waals surface area contributed by atoms with E-state index in [1.807, 2.05) is 0 Å². The maximum atomic E-state index is 9.70. The van der Waals surface area contributed by atoms with E-state index >= 15 is 0 Å². The van der Waals surface area contributed by atoms with Gasteiger partial charge in [-0.25, -0.2) is 0 Å². The molecule has 1 amide bonds. The summed E-state index contributed by atoms with van der Waals surface area (Å²) in [7, 11) is 0. The molecule has 0 aromatic rings. The first-order valence-electron chi connectivity index (χ1n) is 1.70. The van der Waals surface area contributed by atoms with Crippen molar-refractivity contribution >= 4 is 5.91 Å². The molecule has 0 aliphatic rings. The number of hydrogen-bond acceptors (Lipinski definition) is 1. The highest BCUT2D eigenvalue weighted by atomic mass is 16.1. The van der Waals surface area contributed by atoms with Crippen molar-refractivity contribution in [3.05, 3.63) is 6.92 Å². The average molecular weight is 84.1 g/mol. The maximum absolute atomic E-state index is 9.70. The highest BCUT2D eigenvalue weighted by molar-refractivity contribution is 5.73. The van der Waals surface area contributed by atoms with Crippen molar-refractivity contribution in [2.75, 3.05) is 0 Å². The van der Waals surface area contributed by atoms with Crippen LogP contribution in [0.1, 0.15) is 12.8 Å². The SMILES string of the molecule is [C]CCC(N)=O. The Kier molecular flexibility index (Phi) is 2.46. The molecule has 0 aliphatic heterocycles. The van der Waals surface area contributed by atoms with Crippen LogP contribution in [0.4, 0.5) is 0 Å². The van der Waals surface area contributed by atoms with Crippen molar-refractivity contribution in [2.45, 2.75) is 12.8 Å². The van der Waals surface area contributed by atoms with Crippen LogP contribution in [-0.4, -0.2) is 5.91 Å². The molecular formula is C4H6NO. The van der Waals surface area contributed by atoms with E-state index in [9.17, 15) is 4.79 Å². The third kappa shape index (κ3) is 3.47. The molecule has 0 aliphatic carbocycles. The number of amides is 1. The lowest BCUT2D eigenvalue weighted by atomic mass is 10.3. The number of primary amides is 1. The van der Waals surface area contributed by atoms with E-state index in [2.05, 4.69) is 5.73 Å². The van der Waals surface area contributed by atoms with Crippen LogP contribution in [0.25, 0.3) is 0 Å². The van der Waals surface area contributed by atoms with Gasteiger partial charge in [-0.15, -0.1) is 0 Å². The molecule has 6 heavy (non-hydrogen) atoms. The van der Waals surface area contributed by atoms with Gasteiger partial charge in [0, 0.05) is 6.42 Å². The Morgan fingerprint density at radius 2 is 2.33 bits per heavy atom. The third-order valence-corrected chi connectivity index (χ3v) is 0.371. The number of rotatable bonds is 2. The molecule has 0 saturated heterocycles. The Hall–Kier alpha value is -0.530. The molecule has 0 aromatic carbocycles. The molecule has 0 heterocycles. The molecule has 0 fully saturated rings. The fraction of sp³-hybridized carbons (Fsp3) is 0.500. The predicted molar refractivity (Wildman–Crippen MR) is 21.7 cm³/mol. The topological polar surface area (TPSA) is 43.1 Å². The van der Waals surface area contributed by atoms with Crippen LogP contribution in [0.15, 0.2) is 0 Å². The van der Waals surface area contributed by atoms with Crippen molar-refractivity contribution in [1.82, 2.24) is 0 Å². The van der Waals surface area contributed by atoms with E-state index in [0.29, 0.717) is 0 Å². The summed E-state index contributed by atoms with van der Waals surface area (Å²) in [6.07, 6.45) is 0.287. The number of carbonyl (C=O) groups excluding carboxylic acids is 1. The summed E-state index contributed by atoms with van der Waals surface area (Å²) in [6, 6.07) is 0. The van der Waals surface area contributed by atoms with Gasteiger partial charge in [-0.1, -0.05) is 0 Å². The Labute approximate surface area is 37.3 Å². The summed E-state index contributed by atoms with van der Waals surface area (Å²) in [5.41, 5.74) is 4.64. The molecule has 0 atom stereocenters. The van der Waals surface area contributed by atoms with Gasteiger partial charge in [-0.05, 0) is 13.3 Å². The van der Waals surface area contributed by atoms with E-state index in [1.165, 1.54) is 0 Å². The zero-order chi connectivity index (χ0) is 4.99. The lowest BCUT2D eigenvalue weighted by Crippen LogP contribution is -2.08. The molecule has 0 spiro atoms. The molecule has 0 aromatic heterocycles. The minimum absolute atomic E-state index is 0.106. The second-order valence-corrected chi connectivity index (χ2v) is 0.966. The van der Waals surface area contributed by atoms with E-state index < -0.39 is 5.91 Å². The van der Waals surface area contributed by atoms with Gasteiger partial charge >= 0.3 is 0 Å². The fourth-order valence-corrected chi connectivity index (χ4v) is 0.123. The smallest absolute Gasteiger partial charge is 0.217 e. The summed E-state index contributed by atoms with van der Waals surface area (Å²) in [6.45, 7) is 6.43. The summed E-state index contributed by atoms with van der Waals surface area (Å²) < 4.78 is 0. The summed E-state index contributed by atoms with van der Waals surface area (Å²) in [4.78, 5) is 9.70. The van der Waals surface area contributed by atoms with Crippen molar-refractivity contribution in [3.63, 3.8) is 0 Å². The summed E-state index contributed by atoms with van der Waals surface area (Å²) >= 11 is 0.